The summed E-state index contributed by atoms with van der Waals surface area (Å²) in [6.45, 7) is 0. The number of benzene rings is 3. The lowest BCUT2D eigenvalue weighted by atomic mass is 10.0. The minimum Gasteiger partial charge on any atom is -0.504 e. The fraction of sp³-hybridized carbons (Fsp3) is 0. The number of rotatable bonds is 2. The first-order valence-corrected chi connectivity index (χ1v) is 8.04. The van der Waals surface area contributed by atoms with Crippen LogP contribution >= 0.6 is 24.8 Å². The van der Waals surface area contributed by atoms with Crippen molar-refractivity contribution in [2.24, 2.45) is 0 Å². The molecule has 0 aliphatic rings. The van der Waals surface area contributed by atoms with Crippen molar-refractivity contribution in [3.8, 4) is 45.5 Å². The highest BCUT2D eigenvalue weighted by atomic mass is 35.5. The predicted octanol–water partition coefficient (Wildman–Crippen LogP) is 4.21. The van der Waals surface area contributed by atoms with Crippen molar-refractivity contribution in [1.29, 1.82) is 0 Å². The zero-order valence-corrected chi connectivity index (χ0v) is 16.4. The molecule has 0 amide bonds. The van der Waals surface area contributed by atoms with Gasteiger partial charge in [-0.05, 0) is 54.6 Å². The number of aromatic nitrogens is 2. The highest BCUT2D eigenvalue weighted by molar-refractivity contribution is 5.88. The Hall–Kier alpha value is -3.42. The summed E-state index contributed by atoms with van der Waals surface area (Å²) in [6.07, 6.45) is 0. The number of nitrogens with zero attached hydrogens (tertiary/aromatic N) is 2. The Labute approximate surface area is 177 Å². The summed E-state index contributed by atoms with van der Waals surface area (Å²) in [7, 11) is 0. The van der Waals surface area contributed by atoms with Crippen LogP contribution in [0.25, 0.3) is 33.5 Å². The number of halogens is 2. The van der Waals surface area contributed by atoms with Gasteiger partial charge in [-0.1, -0.05) is 0 Å². The molecule has 0 bridgehead atoms. The minimum absolute atomic E-state index is 0. The number of hydrogen-bond donors (Lipinski definition) is 5. The molecule has 0 radical (unpaired) electrons. The monoisotopic (exact) mass is 433 g/mol. The maximum Gasteiger partial charge on any atom is 0.158 e. The van der Waals surface area contributed by atoms with Crippen molar-refractivity contribution >= 4 is 41.5 Å². The molecule has 0 saturated heterocycles. The number of phenolic OH excluding ortho intramolecular Hbond substituents is 4. The van der Waals surface area contributed by atoms with Gasteiger partial charge < -0.3 is 26.2 Å². The van der Waals surface area contributed by atoms with Crippen molar-refractivity contribution in [3.63, 3.8) is 0 Å². The van der Waals surface area contributed by atoms with Crippen LogP contribution in [0, 0.1) is 0 Å². The summed E-state index contributed by atoms with van der Waals surface area (Å²) >= 11 is 0. The second-order valence-corrected chi connectivity index (χ2v) is 6.08. The number of aromatic hydroxyl groups is 4. The van der Waals surface area contributed by atoms with Gasteiger partial charge in [-0.25, -0.2) is 9.97 Å². The highest BCUT2D eigenvalue weighted by Gasteiger charge is 2.16. The van der Waals surface area contributed by atoms with E-state index in [4.69, 9.17) is 5.73 Å². The molecule has 0 saturated carbocycles. The van der Waals surface area contributed by atoms with Crippen LogP contribution < -0.4 is 5.73 Å². The number of anilines is 1. The molecule has 0 spiro atoms. The predicted molar refractivity (Wildman–Crippen MR) is 116 cm³/mol. The number of phenols is 4. The van der Waals surface area contributed by atoms with E-state index in [1.807, 2.05) is 0 Å². The van der Waals surface area contributed by atoms with Crippen molar-refractivity contribution in [3.05, 3.63) is 54.6 Å². The lowest BCUT2D eigenvalue weighted by molar-refractivity contribution is 0.404. The molecule has 1 aromatic heterocycles. The fourth-order valence-corrected chi connectivity index (χ4v) is 2.82. The highest BCUT2D eigenvalue weighted by Crippen LogP contribution is 2.37. The van der Waals surface area contributed by atoms with E-state index >= 15 is 0 Å². The third-order valence-electron chi connectivity index (χ3n) is 4.19. The summed E-state index contributed by atoms with van der Waals surface area (Å²) in [6, 6.07) is 13.8. The zero-order valence-electron chi connectivity index (χ0n) is 14.8. The molecule has 3 aromatic carbocycles. The molecule has 0 fully saturated rings. The van der Waals surface area contributed by atoms with E-state index in [1.54, 1.807) is 30.3 Å². The van der Waals surface area contributed by atoms with Crippen molar-refractivity contribution < 1.29 is 20.4 Å². The van der Waals surface area contributed by atoms with E-state index in [2.05, 4.69) is 9.97 Å². The third kappa shape index (κ3) is 4.06. The van der Waals surface area contributed by atoms with Crippen LogP contribution in [-0.2, 0) is 0 Å². The summed E-state index contributed by atoms with van der Waals surface area (Å²) < 4.78 is 0. The Bertz CT molecular complexity index is 1200. The number of nitrogens with two attached hydrogens (primary N) is 1. The Morgan fingerprint density at radius 1 is 0.552 bits per heavy atom. The number of fused-ring (bicyclic) bond motifs is 1. The van der Waals surface area contributed by atoms with E-state index in [0.29, 0.717) is 39.2 Å². The van der Waals surface area contributed by atoms with Gasteiger partial charge in [0.2, 0.25) is 0 Å². The normalized spacial score (nSPS) is 10.2. The summed E-state index contributed by atoms with van der Waals surface area (Å²) in [5.41, 5.74) is 9.44. The second kappa shape index (κ2) is 8.30. The van der Waals surface area contributed by atoms with Gasteiger partial charge in [0.15, 0.2) is 23.0 Å². The van der Waals surface area contributed by atoms with Gasteiger partial charge in [-0.15, -0.1) is 24.8 Å². The number of nitrogen functional groups attached to an aromatic ring is 1. The van der Waals surface area contributed by atoms with Gasteiger partial charge >= 0.3 is 0 Å². The molecule has 4 aromatic rings. The average molecular weight is 434 g/mol. The molecule has 0 atom stereocenters. The van der Waals surface area contributed by atoms with Crippen LogP contribution in [0.4, 0.5) is 5.69 Å². The van der Waals surface area contributed by atoms with Gasteiger partial charge in [0, 0.05) is 16.8 Å². The van der Waals surface area contributed by atoms with E-state index in [0.717, 1.165) is 0 Å². The van der Waals surface area contributed by atoms with Crippen LogP contribution in [0.1, 0.15) is 0 Å². The number of hydrogen-bond acceptors (Lipinski definition) is 7. The summed E-state index contributed by atoms with van der Waals surface area (Å²) in [5.74, 6) is -1.07. The van der Waals surface area contributed by atoms with E-state index in [-0.39, 0.29) is 47.8 Å². The Balaban J connectivity index is 0.00000150. The Morgan fingerprint density at radius 2 is 1.03 bits per heavy atom. The maximum absolute atomic E-state index is 9.87. The summed E-state index contributed by atoms with van der Waals surface area (Å²) in [4.78, 5) is 9.26. The quantitative estimate of drug-likeness (QED) is 0.236. The molecule has 1 heterocycles. The maximum atomic E-state index is 9.87. The second-order valence-electron chi connectivity index (χ2n) is 6.08. The van der Waals surface area contributed by atoms with E-state index in [9.17, 15) is 20.4 Å². The van der Waals surface area contributed by atoms with Crippen molar-refractivity contribution in [2.75, 3.05) is 5.73 Å². The smallest absolute Gasteiger partial charge is 0.158 e. The summed E-state index contributed by atoms with van der Waals surface area (Å²) in [5, 5.41) is 38.9. The molecule has 9 heteroatoms. The van der Waals surface area contributed by atoms with Crippen LogP contribution in [0.15, 0.2) is 54.6 Å². The SMILES string of the molecule is Cl.Cl.Nc1ccc2nc(-c3ccc(O)c(O)c3)c(-c3ccc(O)c(O)c3)nc2c1. The molecule has 7 nitrogen and oxygen atoms in total. The fourth-order valence-electron chi connectivity index (χ4n) is 2.82. The van der Waals surface area contributed by atoms with Crippen molar-refractivity contribution in [2.45, 2.75) is 0 Å². The molecule has 4 rings (SSSR count). The molecule has 0 aliphatic heterocycles. The molecule has 150 valence electrons. The molecule has 29 heavy (non-hydrogen) atoms. The Kier molecular flexibility index (Phi) is 6.26. The van der Waals surface area contributed by atoms with Crippen LogP contribution in [-0.4, -0.2) is 30.4 Å². The van der Waals surface area contributed by atoms with E-state index < -0.39 is 0 Å². The minimum atomic E-state index is -0.290. The molecular formula is C20H17Cl2N3O4. The topological polar surface area (TPSA) is 133 Å². The Morgan fingerprint density at radius 3 is 1.52 bits per heavy atom. The van der Waals surface area contributed by atoms with Crippen LogP contribution in [0.5, 0.6) is 23.0 Å². The first-order valence-electron chi connectivity index (χ1n) is 8.04. The molecule has 0 unspecified atom stereocenters. The molecule has 0 aliphatic carbocycles. The van der Waals surface area contributed by atoms with Gasteiger partial charge in [-0.3, -0.25) is 0 Å². The molecular weight excluding hydrogens is 417 g/mol. The zero-order chi connectivity index (χ0) is 19.1. The van der Waals surface area contributed by atoms with Crippen LogP contribution in [0.2, 0.25) is 0 Å². The first kappa shape index (κ1) is 21.9. The third-order valence-corrected chi connectivity index (χ3v) is 4.19. The lowest BCUT2D eigenvalue weighted by Gasteiger charge is -2.12. The largest absolute Gasteiger partial charge is 0.504 e. The standard InChI is InChI=1S/C20H15N3O4.2ClH/c21-12-3-4-13-14(9-12)23-20(11-2-6-16(25)18(27)8-11)19(22-13)10-1-5-15(24)17(26)7-10;;/h1-9,24-27H,21H2;2*1H. The lowest BCUT2D eigenvalue weighted by Crippen LogP contribution is -1.96. The average Bonchev–Trinajstić information content (AvgIpc) is 2.65. The molecule has 6 N–H and O–H groups in total. The van der Waals surface area contributed by atoms with Gasteiger partial charge in [0.05, 0.1) is 22.4 Å². The van der Waals surface area contributed by atoms with Gasteiger partial charge in [0.1, 0.15) is 0 Å². The van der Waals surface area contributed by atoms with Crippen molar-refractivity contribution in [1.82, 2.24) is 9.97 Å². The van der Waals surface area contributed by atoms with Gasteiger partial charge in [-0.2, -0.15) is 0 Å². The van der Waals surface area contributed by atoms with Gasteiger partial charge in [0.25, 0.3) is 0 Å². The first-order chi connectivity index (χ1) is 12.9. The van der Waals surface area contributed by atoms with Crippen LogP contribution in [0.3, 0.4) is 0 Å². The van der Waals surface area contributed by atoms with E-state index in [1.165, 1.54) is 24.3 Å².